The number of fused-ring (bicyclic) bond motifs is 1. The van der Waals surface area contributed by atoms with Crippen LogP contribution >= 0.6 is 11.6 Å². The molecule has 172 valence electrons. The Hall–Kier alpha value is -3.65. The van der Waals surface area contributed by atoms with Crippen molar-refractivity contribution in [2.24, 2.45) is 0 Å². The summed E-state index contributed by atoms with van der Waals surface area (Å²) in [4.78, 5) is 36.8. The van der Waals surface area contributed by atoms with E-state index in [1.165, 1.54) is 12.1 Å². The van der Waals surface area contributed by atoms with E-state index in [-0.39, 0.29) is 35.0 Å². The Morgan fingerprint density at radius 1 is 1.21 bits per heavy atom. The number of hydrogen-bond acceptors (Lipinski definition) is 5. The van der Waals surface area contributed by atoms with Crippen molar-refractivity contribution in [2.45, 2.75) is 26.3 Å². The van der Waals surface area contributed by atoms with E-state index >= 15 is 0 Å². The average Bonchev–Trinajstić information content (AvgIpc) is 2.73. The van der Waals surface area contributed by atoms with Crippen molar-refractivity contribution in [3.8, 4) is 5.75 Å². The molecule has 0 fully saturated rings. The van der Waals surface area contributed by atoms with Crippen LogP contribution in [0.1, 0.15) is 29.5 Å². The van der Waals surface area contributed by atoms with Crippen molar-refractivity contribution >= 4 is 34.4 Å². The number of ether oxygens (including phenoxy) is 1. The lowest BCUT2D eigenvalue weighted by Gasteiger charge is -2.16. The van der Waals surface area contributed by atoms with E-state index in [1.807, 2.05) is 6.92 Å². The van der Waals surface area contributed by atoms with Gasteiger partial charge >= 0.3 is 0 Å². The Morgan fingerprint density at radius 2 is 1.97 bits per heavy atom. The van der Waals surface area contributed by atoms with Crippen molar-refractivity contribution < 1.29 is 23.1 Å². The van der Waals surface area contributed by atoms with Gasteiger partial charge in [-0.2, -0.15) is 0 Å². The molecule has 0 aliphatic rings. The highest BCUT2D eigenvalue weighted by Crippen LogP contribution is 2.20. The molecule has 1 unspecified atom stereocenters. The van der Waals surface area contributed by atoms with Crippen LogP contribution in [0.3, 0.4) is 0 Å². The number of carbonyl (C=O) groups is 2. The molecule has 3 rings (SSSR count). The molecule has 1 aromatic heterocycles. The zero-order valence-electron chi connectivity index (χ0n) is 18.0. The molecule has 2 aromatic carbocycles. The molecule has 1 atom stereocenters. The topological polar surface area (TPSA) is 97.6 Å². The van der Waals surface area contributed by atoms with E-state index in [0.29, 0.717) is 16.7 Å². The van der Waals surface area contributed by atoms with E-state index in [0.717, 1.165) is 17.7 Å². The van der Waals surface area contributed by atoms with Gasteiger partial charge in [0.15, 0.2) is 17.8 Å². The van der Waals surface area contributed by atoms with Crippen LogP contribution < -0.4 is 20.8 Å². The third-order valence-corrected chi connectivity index (χ3v) is 4.92. The van der Waals surface area contributed by atoms with Gasteiger partial charge in [-0.3, -0.25) is 14.4 Å². The molecule has 9 heteroatoms. The lowest BCUT2D eigenvalue weighted by molar-refractivity contribution is -0.122. The lowest BCUT2D eigenvalue weighted by atomic mass is 10.1. The minimum atomic E-state index is -0.652. The van der Waals surface area contributed by atoms with Gasteiger partial charge in [0.05, 0.1) is 10.4 Å². The molecule has 7 nitrogen and oxygen atoms in total. The van der Waals surface area contributed by atoms with Crippen LogP contribution in [-0.4, -0.2) is 24.5 Å². The zero-order valence-corrected chi connectivity index (χ0v) is 18.8. The molecule has 0 radical (unpaired) electrons. The molecule has 0 saturated carbocycles. The molecule has 0 bridgehead atoms. The van der Waals surface area contributed by atoms with Gasteiger partial charge in [0.25, 0.3) is 11.8 Å². The molecule has 2 N–H and O–H groups in total. The van der Waals surface area contributed by atoms with E-state index in [9.17, 15) is 18.8 Å². The predicted molar refractivity (Wildman–Crippen MR) is 123 cm³/mol. The second-order valence-electron chi connectivity index (χ2n) is 7.57. The summed E-state index contributed by atoms with van der Waals surface area (Å²) in [5, 5.41) is 5.61. The highest BCUT2D eigenvalue weighted by Gasteiger charge is 2.16. The Morgan fingerprint density at radius 3 is 2.70 bits per heavy atom. The summed E-state index contributed by atoms with van der Waals surface area (Å²) in [6.07, 6.45) is 0.226. The van der Waals surface area contributed by atoms with Crippen LogP contribution in [0.2, 0.25) is 5.02 Å². The standard InChI is InChI=1S/C24H22ClFN2O5/c1-13-4-6-17-20(29)11-22(33-21(17)8-13)24(31)28-15(3)9-14(2)27-23(30)12-32-16-5-7-18(25)19(26)10-16/h4-8,10-11,15H,2,9,12H2,1,3H3,(H,27,30)(H,28,31). The molecule has 0 spiro atoms. The number of hydrogen-bond donors (Lipinski definition) is 2. The maximum atomic E-state index is 13.4. The smallest absolute Gasteiger partial charge is 0.287 e. The Bertz CT molecular complexity index is 1290. The van der Waals surface area contributed by atoms with Gasteiger partial charge in [-0.25, -0.2) is 4.39 Å². The molecular weight excluding hydrogens is 451 g/mol. The van der Waals surface area contributed by atoms with Gasteiger partial charge in [-0.15, -0.1) is 0 Å². The number of amides is 2. The normalized spacial score (nSPS) is 11.6. The number of benzene rings is 2. The maximum Gasteiger partial charge on any atom is 0.287 e. The van der Waals surface area contributed by atoms with Gasteiger partial charge in [0.1, 0.15) is 17.1 Å². The van der Waals surface area contributed by atoms with Crippen LogP contribution in [0, 0.1) is 12.7 Å². The Kier molecular flexibility index (Phi) is 7.50. The Labute approximate surface area is 194 Å². The highest BCUT2D eigenvalue weighted by atomic mass is 35.5. The van der Waals surface area contributed by atoms with Crippen LogP contribution in [0.25, 0.3) is 11.0 Å². The summed E-state index contributed by atoms with van der Waals surface area (Å²) >= 11 is 5.60. The first-order valence-corrected chi connectivity index (χ1v) is 10.4. The molecule has 2 amide bonds. The summed E-state index contributed by atoms with van der Waals surface area (Å²) in [5.74, 6) is -1.66. The highest BCUT2D eigenvalue weighted by molar-refractivity contribution is 6.30. The van der Waals surface area contributed by atoms with E-state index < -0.39 is 23.7 Å². The molecule has 0 saturated heterocycles. The quantitative estimate of drug-likeness (QED) is 0.514. The number of nitrogens with one attached hydrogen (secondary N) is 2. The molecule has 33 heavy (non-hydrogen) atoms. The van der Waals surface area contributed by atoms with E-state index in [4.69, 9.17) is 20.8 Å². The van der Waals surface area contributed by atoms with Gasteiger partial charge in [-0.1, -0.05) is 24.2 Å². The van der Waals surface area contributed by atoms with Crippen molar-refractivity contribution in [1.82, 2.24) is 10.6 Å². The fraction of sp³-hybridized carbons (Fsp3) is 0.208. The van der Waals surface area contributed by atoms with Crippen molar-refractivity contribution in [3.05, 3.63) is 87.1 Å². The largest absolute Gasteiger partial charge is 0.484 e. The monoisotopic (exact) mass is 472 g/mol. The number of halogens is 2. The summed E-state index contributed by atoms with van der Waals surface area (Å²) in [5.41, 5.74) is 1.26. The van der Waals surface area contributed by atoms with E-state index in [2.05, 4.69) is 17.2 Å². The summed E-state index contributed by atoms with van der Waals surface area (Å²) < 4.78 is 24.2. The summed E-state index contributed by atoms with van der Waals surface area (Å²) in [6.45, 7) is 6.98. The second kappa shape index (κ2) is 10.3. The van der Waals surface area contributed by atoms with Crippen molar-refractivity contribution in [3.63, 3.8) is 0 Å². The minimum Gasteiger partial charge on any atom is -0.484 e. The van der Waals surface area contributed by atoms with Crippen LogP contribution in [0.15, 0.2) is 64.0 Å². The third kappa shape index (κ3) is 6.43. The Balaban J connectivity index is 1.51. The average molecular weight is 473 g/mol. The second-order valence-corrected chi connectivity index (χ2v) is 7.98. The third-order valence-electron chi connectivity index (χ3n) is 4.62. The lowest BCUT2D eigenvalue weighted by Crippen LogP contribution is -2.36. The SMILES string of the molecule is C=C(CC(C)NC(=O)c1cc(=O)c2ccc(C)cc2o1)NC(=O)COc1ccc(Cl)c(F)c1. The van der Waals surface area contributed by atoms with Gasteiger partial charge in [0, 0.05) is 30.3 Å². The van der Waals surface area contributed by atoms with Crippen LogP contribution in [0.5, 0.6) is 5.75 Å². The van der Waals surface area contributed by atoms with E-state index in [1.54, 1.807) is 25.1 Å². The number of carbonyl (C=O) groups excluding carboxylic acids is 2. The molecule has 1 heterocycles. The fourth-order valence-electron chi connectivity index (χ4n) is 3.09. The number of rotatable bonds is 8. The maximum absolute atomic E-state index is 13.4. The van der Waals surface area contributed by atoms with Gasteiger partial charge in [-0.05, 0) is 43.7 Å². The minimum absolute atomic E-state index is 0.0470. The predicted octanol–water partition coefficient (Wildman–Crippen LogP) is 4.11. The first-order chi connectivity index (χ1) is 15.6. The first-order valence-electron chi connectivity index (χ1n) is 10.0. The first kappa shape index (κ1) is 24.0. The molecule has 0 aliphatic carbocycles. The van der Waals surface area contributed by atoms with Crippen LogP contribution in [-0.2, 0) is 4.79 Å². The van der Waals surface area contributed by atoms with Crippen molar-refractivity contribution in [1.29, 1.82) is 0 Å². The fourth-order valence-corrected chi connectivity index (χ4v) is 3.21. The summed E-state index contributed by atoms with van der Waals surface area (Å²) in [7, 11) is 0. The zero-order chi connectivity index (χ0) is 24.1. The molecule has 3 aromatic rings. The van der Waals surface area contributed by atoms with Crippen LogP contribution in [0.4, 0.5) is 4.39 Å². The summed E-state index contributed by atoms with van der Waals surface area (Å²) in [6, 6.07) is 9.70. The van der Waals surface area contributed by atoms with Gasteiger partial charge in [0.2, 0.25) is 0 Å². The van der Waals surface area contributed by atoms with Crippen molar-refractivity contribution in [2.75, 3.05) is 6.61 Å². The molecular formula is C24H22ClFN2O5. The number of aryl methyl sites for hydroxylation is 1. The van der Waals surface area contributed by atoms with Gasteiger partial charge < -0.3 is 19.8 Å². The molecule has 0 aliphatic heterocycles.